The molecule has 0 heterocycles. The minimum Gasteiger partial charge on any atom is -0.550 e. The molecular weight excluding hydrogens is 1050 g/mol. The fourth-order valence-corrected chi connectivity index (χ4v) is 11.5. The van der Waals surface area contributed by atoms with Gasteiger partial charge >= 0.3 is 37.7 Å². The van der Waals surface area contributed by atoms with Gasteiger partial charge in [-0.15, -0.1) is 0 Å². The minimum atomic E-state index is -0.903. The Bertz CT molecular complexity index is 1140. The summed E-state index contributed by atoms with van der Waals surface area (Å²) in [6.07, 6.45) is 87.6. The molecule has 0 saturated carbocycles. The van der Waals surface area contributed by atoms with Crippen LogP contribution in [-0.2, 0) is 19.2 Å². The third-order valence-electron chi connectivity index (χ3n) is 17.1. The van der Waals surface area contributed by atoms with Gasteiger partial charge in [-0.1, -0.05) is 399 Å². The zero-order valence-electron chi connectivity index (χ0n) is 56.4. The van der Waals surface area contributed by atoms with Gasteiger partial charge in [-0.3, -0.25) is 9.59 Å². The standard InChI is InChI=1S/C38H76N2O2.2C18H36O2.Ca/c39-37(41)35-33-31-29-27-25-23-21-19-17-15-13-11-9-7-5-3-1-2-4-6-8-10-12-14-16-18-20-22-24-26-28-30-32-34-36-38(40)42;2*1-2-3-4-5-6-7-8-9-10-11-12-13-14-15-16-17-18(19)20;/h1-36H2,(H2,39,41)(H2,40,42);2*2-17H2,1H3,(H,19,20);/q;;;+2/p-2. The van der Waals surface area contributed by atoms with Crippen molar-refractivity contribution < 1.29 is 29.4 Å². The Balaban J connectivity index is -0.000000633. The van der Waals surface area contributed by atoms with Crippen LogP contribution in [0.3, 0.4) is 0 Å². The molecule has 0 radical (unpaired) electrons. The molecule has 2 amide bonds. The monoisotopic (exact) mass is 1200 g/mol. The van der Waals surface area contributed by atoms with Gasteiger partial charge in [0.25, 0.3) is 0 Å². The number of hydrogen-bond acceptors (Lipinski definition) is 6. The Morgan fingerprint density at radius 1 is 0.193 bits per heavy atom. The zero-order valence-corrected chi connectivity index (χ0v) is 58.6. The van der Waals surface area contributed by atoms with Crippen molar-refractivity contribution in [2.75, 3.05) is 0 Å². The average Bonchev–Trinajstić information content (AvgIpc) is 3.45. The first kappa shape index (κ1) is 88.6. The molecule has 490 valence electrons. The summed E-state index contributed by atoms with van der Waals surface area (Å²) in [5, 5.41) is 20.4. The smallest absolute Gasteiger partial charge is 0.550 e. The predicted octanol–water partition coefficient (Wildman–Crippen LogP) is 21.6. The molecule has 0 aromatic heterocycles. The summed E-state index contributed by atoms with van der Waals surface area (Å²) in [7, 11) is 0. The Morgan fingerprint density at radius 2 is 0.289 bits per heavy atom. The topological polar surface area (TPSA) is 166 Å². The fourth-order valence-electron chi connectivity index (χ4n) is 11.5. The summed E-state index contributed by atoms with van der Waals surface area (Å²) < 4.78 is 0. The number of primary amides is 2. The van der Waals surface area contributed by atoms with Crippen molar-refractivity contribution >= 4 is 61.5 Å². The fraction of sp³-hybridized carbons (Fsp3) is 0.946. The van der Waals surface area contributed by atoms with Gasteiger partial charge in [0.15, 0.2) is 0 Å². The predicted molar refractivity (Wildman–Crippen MR) is 359 cm³/mol. The van der Waals surface area contributed by atoms with Crippen molar-refractivity contribution in [1.82, 2.24) is 0 Å². The van der Waals surface area contributed by atoms with E-state index in [1.165, 1.54) is 360 Å². The van der Waals surface area contributed by atoms with Crippen LogP contribution in [0.25, 0.3) is 0 Å². The molecule has 0 aliphatic carbocycles. The second-order valence-corrected chi connectivity index (χ2v) is 25.6. The zero-order chi connectivity index (χ0) is 60.4. The number of carbonyl (C=O) groups excluding carboxylic acids is 4. The molecule has 4 N–H and O–H groups in total. The Morgan fingerprint density at radius 3 is 0.386 bits per heavy atom. The van der Waals surface area contributed by atoms with E-state index in [9.17, 15) is 29.4 Å². The van der Waals surface area contributed by atoms with Gasteiger partial charge in [0.2, 0.25) is 11.8 Å². The van der Waals surface area contributed by atoms with Gasteiger partial charge in [0.1, 0.15) is 0 Å². The summed E-state index contributed by atoms with van der Waals surface area (Å²) >= 11 is 0. The largest absolute Gasteiger partial charge is 2.00 e. The molecule has 0 atom stereocenters. The van der Waals surface area contributed by atoms with Crippen molar-refractivity contribution in [3.63, 3.8) is 0 Å². The van der Waals surface area contributed by atoms with Crippen LogP contribution in [0.2, 0.25) is 0 Å². The molecule has 0 saturated heterocycles. The van der Waals surface area contributed by atoms with E-state index in [0.29, 0.717) is 12.8 Å². The quantitative estimate of drug-likeness (QED) is 0.0454. The van der Waals surface area contributed by atoms with Crippen LogP contribution in [0.4, 0.5) is 0 Å². The molecule has 0 spiro atoms. The molecule has 0 fully saturated rings. The van der Waals surface area contributed by atoms with Gasteiger partial charge < -0.3 is 31.3 Å². The number of amides is 2. The summed E-state index contributed by atoms with van der Waals surface area (Å²) in [4.78, 5) is 41.8. The summed E-state index contributed by atoms with van der Waals surface area (Å²) in [5.74, 6) is -2.11. The molecule has 0 aromatic rings. The van der Waals surface area contributed by atoms with Crippen LogP contribution >= 0.6 is 0 Å². The van der Waals surface area contributed by atoms with Gasteiger partial charge in [0.05, 0.1) is 0 Å². The molecule has 83 heavy (non-hydrogen) atoms. The maximum atomic E-state index is 10.7. The Hall–Kier alpha value is -0.860. The number of carboxylic acids is 2. The van der Waals surface area contributed by atoms with E-state index in [-0.39, 0.29) is 62.4 Å². The number of hydrogen-bond donors (Lipinski definition) is 2. The summed E-state index contributed by atoms with van der Waals surface area (Å²) in [5.41, 5.74) is 10.3. The number of unbranched alkanes of at least 4 members (excludes halogenated alkanes) is 61. The second kappa shape index (κ2) is 83.2. The SMILES string of the molecule is CCCCCCCCCCCCCCCCCC(=O)[O-].CCCCCCCCCCCCCCCCCC(=O)[O-].NC(=O)CCCCCCCCCCCCCCCCCCCCCCCCCCCCCCCCCCCCC(N)=O.[Ca+2]. The van der Waals surface area contributed by atoms with E-state index in [4.69, 9.17) is 11.5 Å². The van der Waals surface area contributed by atoms with Crippen LogP contribution in [0.1, 0.15) is 450 Å². The van der Waals surface area contributed by atoms with Crippen LogP contribution < -0.4 is 21.7 Å². The van der Waals surface area contributed by atoms with Crippen molar-refractivity contribution in [3.8, 4) is 0 Å². The maximum absolute atomic E-state index is 10.7. The Labute approximate surface area is 548 Å². The first-order chi connectivity index (χ1) is 40.2. The van der Waals surface area contributed by atoms with Crippen molar-refractivity contribution in [2.24, 2.45) is 11.5 Å². The van der Waals surface area contributed by atoms with Gasteiger partial charge in [0, 0.05) is 24.8 Å². The van der Waals surface area contributed by atoms with Crippen LogP contribution in [0.15, 0.2) is 0 Å². The Kier molecular flexibility index (Phi) is 88.8. The molecular formula is C74H146CaN2O6. The molecule has 9 heteroatoms. The molecule has 0 bridgehead atoms. The maximum Gasteiger partial charge on any atom is 2.00 e. The second-order valence-electron chi connectivity index (χ2n) is 25.6. The molecule has 0 aromatic carbocycles. The van der Waals surface area contributed by atoms with Crippen molar-refractivity contribution in [1.29, 1.82) is 0 Å². The molecule has 0 unspecified atom stereocenters. The van der Waals surface area contributed by atoms with Gasteiger partial charge in [-0.25, -0.2) is 0 Å². The van der Waals surface area contributed by atoms with Crippen molar-refractivity contribution in [3.05, 3.63) is 0 Å². The number of carboxylic acid groups (broad SMARTS) is 2. The molecule has 0 rings (SSSR count). The normalized spacial score (nSPS) is 11.0. The van der Waals surface area contributed by atoms with Crippen LogP contribution in [-0.4, -0.2) is 61.5 Å². The summed E-state index contributed by atoms with van der Waals surface area (Å²) in [6.45, 7) is 4.53. The van der Waals surface area contributed by atoms with E-state index in [1.54, 1.807) is 0 Å². The van der Waals surface area contributed by atoms with E-state index >= 15 is 0 Å². The number of carbonyl (C=O) groups is 4. The third-order valence-corrected chi connectivity index (χ3v) is 17.1. The molecule has 0 aliphatic heterocycles. The number of nitrogens with two attached hydrogens (primary N) is 2. The van der Waals surface area contributed by atoms with E-state index in [2.05, 4.69) is 13.8 Å². The number of rotatable bonds is 69. The minimum absolute atomic E-state index is 0. The van der Waals surface area contributed by atoms with E-state index < -0.39 is 11.9 Å². The molecule has 8 nitrogen and oxygen atoms in total. The summed E-state index contributed by atoms with van der Waals surface area (Å²) in [6, 6.07) is 0. The van der Waals surface area contributed by atoms with Crippen molar-refractivity contribution in [2.45, 2.75) is 450 Å². The van der Waals surface area contributed by atoms with Gasteiger partial charge in [-0.05, 0) is 38.5 Å². The number of aliphatic carboxylic acids is 2. The molecule has 0 aliphatic rings. The van der Waals surface area contributed by atoms with E-state index in [1.807, 2.05) is 0 Å². The first-order valence-corrected chi connectivity index (χ1v) is 37.1. The third kappa shape index (κ3) is 97.7. The average molecular weight is 1200 g/mol. The van der Waals surface area contributed by atoms with Gasteiger partial charge in [-0.2, -0.15) is 0 Å². The van der Waals surface area contributed by atoms with Crippen LogP contribution in [0, 0.1) is 0 Å². The van der Waals surface area contributed by atoms with Crippen LogP contribution in [0.5, 0.6) is 0 Å². The first-order valence-electron chi connectivity index (χ1n) is 37.1. The van der Waals surface area contributed by atoms with E-state index in [0.717, 1.165) is 51.4 Å².